The predicted octanol–water partition coefficient (Wildman–Crippen LogP) is 1.07. The van der Waals surface area contributed by atoms with Gasteiger partial charge in [0, 0.05) is 32.6 Å². The van der Waals surface area contributed by atoms with Crippen LogP contribution in [0.4, 0.5) is 0 Å². The molecule has 1 fully saturated rings. The van der Waals surface area contributed by atoms with Gasteiger partial charge in [-0.25, -0.2) is 0 Å². The van der Waals surface area contributed by atoms with Crippen LogP contribution in [-0.2, 0) is 20.9 Å². The van der Waals surface area contributed by atoms with Gasteiger partial charge in [0.05, 0.1) is 11.8 Å². The van der Waals surface area contributed by atoms with Crippen molar-refractivity contribution in [2.75, 3.05) is 19.6 Å². The second-order valence-electron chi connectivity index (χ2n) is 6.14. The van der Waals surface area contributed by atoms with Gasteiger partial charge in [0.25, 0.3) is 0 Å². The summed E-state index contributed by atoms with van der Waals surface area (Å²) in [5, 5.41) is 9.47. The topological polar surface area (TPSA) is 77.9 Å². The molecule has 1 aromatic rings. The molecule has 0 aromatic heterocycles. The van der Waals surface area contributed by atoms with E-state index in [4.69, 9.17) is 0 Å². The SMILES string of the molecule is CCN1CC(C(=O)N2Cc3ccccc3C(C(=O)O)C2)CC1=O. The molecule has 0 aliphatic carbocycles. The first-order chi connectivity index (χ1) is 11.0. The summed E-state index contributed by atoms with van der Waals surface area (Å²) >= 11 is 0. The fourth-order valence-corrected chi connectivity index (χ4v) is 3.49. The van der Waals surface area contributed by atoms with Crippen LogP contribution >= 0.6 is 0 Å². The molecule has 23 heavy (non-hydrogen) atoms. The van der Waals surface area contributed by atoms with Gasteiger partial charge in [0.1, 0.15) is 0 Å². The van der Waals surface area contributed by atoms with Crippen molar-refractivity contribution in [2.24, 2.45) is 5.92 Å². The fraction of sp³-hybridized carbons (Fsp3) is 0.471. The van der Waals surface area contributed by atoms with E-state index in [1.807, 2.05) is 31.2 Å². The van der Waals surface area contributed by atoms with Crippen molar-refractivity contribution in [3.05, 3.63) is 35.4 Å². The smallest absolute Gasteiger partial charge is 0.312 e. The normalized spacial score (nSPS) is 23.8. The highest BCUT2D eigenvalue weighted by molar-refractivity contribution is 5.90. The summed E-state index contributed by atoms with van der Waals surface area (Å²) in [4.78, 5) is 39.4. The van der Waals surface area contributed by atoms with E-state index in [1.165, 1.54) is 0 Å². The van der Waals surface area contributed by atoms with E-state index >= 15 is 0 Å². The molecule has 2 amide bonds. The summed E-state index contributed by atoms with van der Waals surface area (Å²) in [6.45, 7) is 3.51. The third-order valence-electron chi connectivity index (χ3n) is 4.75. The summed E-state index contributed by atoms with van der Waals surface area (Å²) in [5.74, 6) is -2.11. The molecule has 0 saturated carbocycles. The maximum absolute atomic E-state index is 12.7. The quantitative estimate of drug-likeness (QED) is 0.904. The molecule has 6 nitrogen and oxygen atoms in total. The van der Waals surface area contributed by atoms with Crippen molar-refractivity contribution in [1.82, 2.24) is 9.80 Å². The molecule has 2 aliphatic rings. The van der Waals surface area contributed by atoms with Gasteiger partial charge in [-0.15, -0.1) is 0 Å². The van der Waals surface area contributed by atoms with Crippen LogP contribution < -0.4 is 0 Å². The van der Waals surface area contributed by atoms with Gasteiger partial charge in [0.15, 0.2) is 0 Å². The number of carbonyl (C=O) groups is 3. The summed E-state index contributed by atoms with van der Waals surface area (Å²) in [7, 11) is 0. The van der Waals surface area contributed by atoms with E-state index in [-0.39, 0.29) is 30.7 Å². The van der Waals surface area contributed by atoms with E-state index in [0.29, 0.717) is 19.6 Å². The molecule has 2 aliphatic heterocycles. The van der Waals surface area contributed by atoms with Crippen LogP contribution in [0.25, 0.3) is 0 Å². The van der Waals surface area contributed by atoms with E-state index in [1.54, 1.807) is 9.80 Å². The highest BCUT2D eigenvalue weighted by atomic mass is 16.4. The van der Waals surface area contributed by atoms with Gasteiger partial charge in [-0.05, 0) is 18.1 Å². The maximum Gasteiger partial charge on any atom is 0.312 e. The molecule has 0 bridgehead atoms. The third-order valence-corrected chi connectivity index (χ3v) is 4.75. The number of rotatable bonds is 3. The first-order valence-corrected chi connectivity index (χ1v) is 7.88. The van der Waals surface area contributed by atoms with Gasteiger partial charge >= 0.3 is 5.97 Å². The lowest BCUT2D eigenvalue weighted by molar-refractivity contribution is -0.142. The van der Waals surface area contributed by atoms with Crippen LogP contribution in [0.5, 0.6) is 0 Å². The van der Waals surface area contributed by atoms with Gasteiger partial charge in [0.2, 0.25) is 11.8 Å². The maximum atomic E-state index is 12.7. The minimum absolute atomic E-state index is 0.00181. The highest BCUT2D eigenvalue weighted by Crippen LogP contribution is 2.30. The minimum atomic E-state index is -0.923. The number of hydrogen-bond donors (Lipinski definition) is 1. The Morgan fingerprint density at radius 3 is 2.65 bits per heavy atom. The lowest BCUT2D eigenvalue weighted by Gasteiger charge is -2.34. The second kappa shape index (κ2) is 6.02. The summed E-state index contributed by atoms with van der Waals surface area (Å²) < 4.78 is 0. The number of carboxylic acid groups (broad SMARTS) is 1. The Bertz CT molecular complexity index is 658. The number of amides is 2. The van der Waals surface area contributed by atoms with Crippen molar-refractivity contribution in [1.29, 1.82) is 0 Å². The molecule has 1 N–H and O–H groups in total. The molecule has 0 spiro atoms. The van der Waals surface area contributed by atoms with Crippen molar-refractivity contribution < 1.29 is 19.5 Å². The number of likely N-dealkylation sites (tertiary alicyclic amines) is 1. The zero-order chi connectivity index (χ0) is 16.6. The Kier molecular flexibility index (Phi) is 4.07. The largest absolute Gasteiger partial charge is 0.481 e. The molecule has 2 atom stereocenters. The first kappa shape index (κ1) is 15.5. The second-order valence-corrected chi connectivity index (χ2v) is 6.14. The average molecular weight is 316 g/mol. The lowest BCUT2D eigenvalue weighted by atomic mass is 9.89. The molecule has 122 valence electrons. The third kappa shape index (κ3) is 2.81. The zero-order valence-electron chi connectivity index (χ0n) is 13.1. The summed E-state index contributed by atoms with van der Waals surface area (Å²) in [6.07, 6.45) is 0.225. The Labute approximate surface area is 134 Å². The summed E-state index contributed by atoms with van der Waals surface area (Å²) in [6, 6.07) is 7.35. The Morgan fingerprint density at radius 2 is 2.00 bits per heavy atom. The molecule has 3 rings (SSSR count). The molecule has 1 saturated heterocycles. The van der Waals surface area contributed by atoms with Crippen LogP contribution in [0.3, 0.4) is 0 Å². The molecular formula is C17H20N2O4. The van der Waals surface area contributed by atoms with E-state index in [9.17, 15) is 19.5 Å². The standard InChI is InChI=1S/C17H20N2O4/c1-2-18-9-12(7-15(18)20)16(21)19-8-11-5-3-4-6-13(11)14(10-19)17(22)23/h3-6,12,14H,2,7-10H2,1H3,(H,22,23). The van der Waals surface area contributed by atoms with Crippen LogP contribution in [0.1, 0.15) is 30.4 Å². The van der Waals surface area contributed by atoms with Crippen LogP contribution in [-0.4, -0.2) is 52.3 Å². The minimum Gasteiger partial charge on any atom is -0.481 e. The Hall–Kier alpha value is -2.37. The lowest BCUT2D eigenvalue weighted by Crippen LogP contribution is -2.43. The van der Waals surface area contributed by atoms with Crippen LogP contribution in [0.2, 0.25) is 0 Å². The molecule has 2 heterocycles. The van der Waals surface area contributed by atoms with Gasteiger partial charge in [-0.2, -0.15) is 0 Å². The highest BCUT2D eigenvalue weighted by Gasteiger charge is 2.39. The number of carbonyl (C=O) groups excluding carboxylic acids is 2. The molecule has 6 heteroatoms. The van der Waals surface area contributed by atoms with Crippen molar-refractivity contribution in [3.63, 3.8) is 0 Å². The van der Waals surface area contributed by atoms with Crippen LogP contribution in [0, 0.1) is 5.92 Å². The number of carboxylic acids is 1. The predicted molar refractivity (Wildman–Crippen MR) is 82.6 cm³/mol. The molecule has 2 unspecified atom stereocenters. The number of aliphatic carboxylic acids is 1. The van der Waals surface area contributed by atoms with Crippen molar-refractivity contribution in [3.8, 4) is 0 Å². The van der Waals surface area contributed by atoms with Crippen LogP contribution in [0.15, 0.2) is 24.3 Å². The van der Waals surface area contributed by atoms with Crippen molar-refractivity contribution >= 4 is 17.8 Å². The van der Waals surface area contributed by atoms with E-state index in [2.05, 4.69) is 0 Å². The van der Waals surface area contributed by atoms with Gasteiger partial charge < -0.3 is 14.9 Å². The number of fused-ring (bicyclic) bond motifs is 1. The average Bonchev–Trinajstić information content (AvgIpc) is 2.93. The Balaban J connectivity index is 1.81. The number of nitrogens with zero attached hydrogens (tertiary/aromatic N) is 2. The molecule has 0 radical (unpaired) electrons. The number of benzene rings is 1. The fourth-order valence-electron chi connectivity index (χ4n) is 3.49. The molecular weight excluding hydrogens is 296 g/mol. The van der Waals surface area contributed by atoms with Gasteiger partial charge in [-0.3, -0.25) is 14.4 Å². The number of hydrogen-bond acceptors (Lipinski definition) is 3. The summed E-state index contributed by atoms with van der Waals surface area (Å²) in [5.41, 5.74) is 1.65. The van der Waals surface area contributed by atoms with E-state index in [0.717, 1.165) is 11.1 Å². The first-order valence-electron chi connectivity index (χ1n) is 7.88. The molecule has 1 aromatic carbocycles. The van der Waals surface area contributed by atoms with Crippen molar-refractivity contribution in [2.45, 2.75) is 25.8 Å². The van der Waals surface area contributed by atoms with E-state index < -0.39 is 11.9 Å². The van der Waals surface area contributed by atoms with Gasteiger partial charge in [-0.1, -0.05) is 24.3 Å². The zero-order valence-corrected chi connectivity index (χ0v) is 13.1. The Morgan fingerprint density at radius 1 is 1.26 bits per heavy atom. The monoisotopic (exact) mass is 316 g/mol.